The smallest absolute Gasteiger partial charge is 0.255 e. The normalized spacial score (nSPS) is 10.3. The maximum absolute atomic E-state index is 12.2. The fourth-order valence-electron chi connectivity index (χ4n) is 1.66. The highest BCUT2D eigenvalue weighted by atomic mass is 79.9. The van der Waals surface area contributed by atoms with E-state index in [0.29, 0.717) is 27.7 Å². The lowest BCUT2D eigenvalue weighted by atomic mass is 10.2. The van der Waals surface area contributed by atoms with Crippen LogP contribution < -0.4 is 15.8 Å². The van der Waals surface area contributed by atoms with Crippen molar-refractivity contribution in [1.82, 2.24) is 0 Å². The van der Waals surface area contributed by atoms with Gasteiger partial charge in [-0.25, -0.2) is 0 Å². The summed E-state index contributed by atoms with van der Waals surface area (Å²) in [6, 6.07) is 8.23. The van der Waals surface area contributed by atoms with Crippen LogP contribution in [0.1, 0.15) is 10.4 Å². The molecule has 0 aliphatic heterocycles. The first-order chi connectivity index (χ1) is 9.92. The van der Waals surface area contributed by atoms with Crippen LogP contribution in [0.2, 0.25) is 5.02 Å². The Labute approximate surface area is 143 Å². The van der Waals surface area contributed by atoms with E-state index in [-0.39, 0.29) is 5.91 Å². The Bertz CT molecular complexity index is 708. The number of anilines is 2. The van der Waals surface area contributed by atoms with Crippen molar-refractivity contribution < 1.29 is 9.53 Å². The number of halogens is 3. The summed E-state index contributed by atoms with van der Waals surface area (Å²) >= 11 is 12.6. The predicted octanol–water partition coefficient (Wildman–Crippen LogP) is 4.71. The Morgan fingerprint density at radius 1 is 1.24 bits per heavy atom. The minimum Gasteiger partial charge on any atom is -0.495 e. The van der Waals surface area contributed by atoms with Gasteiger partial charge in [0.15, 0.2) is 0 Å². The van der Waals surface area contributed by atoms with Crippen molar-refractivity contribution in [3.05, 3.63) is 49.9 Å². The predicted molar refractivity (Wildman–Crippen MR) is 92.2 cm³/mol. The summed E-state index contributed by atoms with van der Waals surface area (Å²) in [6.07, 6.45) is 0. The molecule has 0 atom stereocenters. The van der Waals surface area contributed by atoms with Crippen LogP contribution in [-0.2, 0) is 0 Å². The zero-order chi connectivity index (χ0) is 15.6. The lowest BCUT2D eigenvalue weighted by Crippen LogP contribution is -2.12. The van der Waals surface area contributed by atoms with Gasteiger partial charge < -0.3 is 15.8 Å². The third-order valence-corrected chi connectivity index (χ3v) is 4.37. The number of nitrogens with one attached hydrogen (secondary N) is 1. The fourth-order valence-corrected chi connectivity index (χ4v) is 3.03. The van der Waals surface area contributed by atoms with Gasteiger partial charge >= 0.3 is 0 Å². The van der Waals surface area contributed by atoms with E-state index in [2.05, 4.69) is 37.2 Å². The zero-order valence-electron chi connectivity index (χ0n) is 10.9. The molecule has 3 N–H and O–H groups in total. The number of rotatable bonds is 3. The van der Waals surface area contributed by atoms with Crippen LogP contribution in [0.25, 0.3) is 0 Å². The third-order valence-electron chi connectivity index (χ3n) is 2.75. The minimum absolute atomic E-state index is 0.288. The van der Waals surface area contributed by atoms with Crippen molar-refractivity contribution in [2.75, 3.05) is 18.2 Å². The maximum Gasteiger partial charge on any atom is 0.255 e. The van der Waals surface area contributed by atoms with Gasteiger partial charge in [-0.05, 0) is 56.1 Å². The molecule has 0 fully saturated rings. The highest BCUT2D eigenvalue weighted by Gasteiger charge is 2.12. The summed E-state index contributed by atoms with van der Waals surface area (Å²) in [7, 11) is 1.56. The first-order valence-corrected chi connectivity index (χ1v) is 7.78. The van der Waals surface area contributed by atoms with Crippen LogP contribution in [0.5, 0.6) is 5.75 Å². The Morgan fingerprint density at radius 3 is 2.57 bits per heavy atom. The molecule has 7 heteroatoms. The molecule has 2 aromatic rings. The second kappa shape index (κ2) is 6.68. The van der Waals surface area contributed by atoms with Crippen LogP contribution >= 0.6 is 43.5 Å². The molecule has 0 heterocycles. The topological polar surface area (TPSA) is 64.3 Å². The highest BCUT2D eigenvalue weighted by molar-refractivity contribution is 9.11. The quantitative estimate of drug-likeness (QED) is 0.688. The molecular formula is C14H11Br2ClN2O2. The van der Waals surface area contributed by atoms with Crippen LogP contribution in [0.4, 0.5) is 11.4 Å². The number of carbonyl (C=O) groups excluding carboxylic acids is 1. The molecule has 21 heavy (non-hydrogen) atoms. The molecule has 1 amide bonds. The summed E-state index contributed by atoms with van der Waals surface area (Å²) in [4.78, 5) is 12.2. The van der Waals surface area contributed by atoms with Gasteiger partial charge in [-0.2, -0.15) is 0 Å². The fraction of sp³-hybridized carbons (Fsp3) is 0.0714. The second-order valence-corrected chi connectivity index (χ2v) is 6.27. The van der Waals surface area contributed by atoms with Crippen LogP contribution in [0, 0.1) is 0 Å². The molecule has 0 saturated carbocycles. The zero-order valence-corrected chi connectivity index (χ0v) is 14.8. The molecule has 2 aromatic carbocycles. The van der Waals surface area contributed by atoms with Crippen molar-refractivity contribution in [3.8, 4) is 5.75 Å². The van der Waals surface area contributed by atoms with Crippen molar-refractivity contribution in [2.45, 2.75) is 0 Å². The SMILES string of the molecule is COc1cc(NC(=O)c2ccc(Cl)c(N)c2)c(Br)cc1Br. The molecule has 110 valence electrons. The van der Waals surface area contributed by atoms with Gasteiger partial charge in [0.25, 0.3) is 5.91 Å². The van der Waals surface area contributed by atoms with Crippen molar-refractivity contribution in [3.63, 3.8) is 0 Å². The van der Waals surface area contributed by atoms with Gasteiger partial charge in [0.05, 0.1) is 28.0 Å². The molecule has 0 spiro atoms. The van der Waals surface area contributed by atoms with E-state index in [1.165, 1.54) is 6.07 Å². The monoisotopic (exact) mass is 432 g/mol. The van der Waals surface area contributed by atoms with Crippen LogP contribution in [-0.4, -0.2) is 13.0 Å². The first-order valence-electron chi connectivity index (χ1n) is 5.81. The number of carbonyl (C=O) groups is 1. The Hall–Kier alpha value is -1.24. The van der Waals surface area contributed by atoms with Crippen LogP contribution in [0.15, 0.2) is 39.3 Å². The molecule has 0 saturated heterocycles. The summed E-state index contributed by atoms with van der Waals surface area (Å²) in [5, 5.41) is 3.20. The average Bonchev–Trinajstić information content (AvgIpc) is 2.44. The van der Waals surface area contributed by atoms with E-state index in [0.717, 1.165) is 8.95 Å². The third kappa shape index (κ3) is 3.70. The number of hydrogen-bond donors (Lipinski definition) is 2. The second-order valence-electron chi connectivity index (χ2n) is 4.16. The summed E-state index contributed by atoms with van der Waals surface area (Å²) in [5.74, 6) is 0.326. The number of nitrogen functional groups attached to an aromatic ring is 1. The summed E-state index contributed by atoms with van der Waals surface area (Å²) in [5.41, 5.74) is 7.07. The molecule has 0 aliphatic rings. The van der Waals surface area contributed by atoms with Gasteiger partial charge in [0.2, 0.25) is 0 Å². The molecule has 4 nitrogen and oxygen atoms in total. The van der Waals surface area contributed by atoms with Gasteiger partial charge in [-0.15, -0.1) is 0 Å². The Morgan fingerprint density at radius 2 is 1.95 bits per heavy atom. The molecular weight excluding hydrogens is 423 g/mol. The van der Waals surface area contributed by atoms with Crippen molar-refractivity contribution >= 4 is 60.7 Å². The Kier molecular flexibility index (Phi) is 5.13. The molecule has 0 bridgehead atoms. The number of benzene rings is 2. The molecule has 0 radical (unpaired) electrons. The number of methoxy groups -OCH3 is 1. The van der Waals surface area contributed by atoms with Crippen molar-refractivity contribution in [2.24, 2.45) is 0 Å². The van der Waals surface area contributed by atoms with E-state index < -0.39 is 0 Å². The van der Waals surface area contributed by atoms with E-state index in [4.69, 9.17) is 22.1 Å². The van der Waals surface area contributed by atoms with E-state index in [1.54, 1.807) is 31.4 Å². The first kappa shape index (κ1) is 16.1. The summed E-state index contributed by atoms with van der Waals surface area (Å²) in [6.45, 7) is 0. The number of amides is 1. The van der Waals surface area contributed by atoms with E-state index >= 15 is 0 Å². The van der Waals surface area contributed by atoms with Gasteiger partial charge in [-0.1, -0.05) is 11.6 Å². The number of nitrogens with two attached hydrogens (primary N) is 1. The van der Waals surface area contributed by atoms with E-state index in [9.17, 15) is 4.79 Å². The standard InChI is InChI=1S/C14H11Br2ClN2O2/c1-21-13-6-12(8(15)5-9(13)16)19-14(20)7-2-3-10(17)11(18)4-7/h2-6H,18H2,1H3,(H,19,20). The number of hydrogen-bond acceptors (Lipinski definition) is 3. The molecule has 2 rings (SSSR count). The minimum atomic E-state index is -0.288. The molecule has 0 aliphatic carbocycles. The molecule has 0 aromatic heterocycles. The van der Waals surface area contributed by atoms with Gasteiger partial charge in [0.1, 0.15) is 5.75 Å². The Balaban J connectivity index is 2.29. The van der Waals surface area contributed by atoms with Gasteiger partial charge in [-0.3, -0.25) is 4.79 Å². The average molecular weight is 435 g/mol. The maximum atomic E-state index is 12.2. The van der Waals surface area contributed by atoms with Crippen molar-refractivity contribution in [1.29, 1.82) is 0 Å². The van der Waals surface area contributed by atoms with E-state index in [1.807, 2.05) is 0 Å². The van der Waals surface area contributed by atoms with Crippen LogP contribution in [0.3, 0.4) is 0 Å². The lowest BCUT2D eigenvalue weighted by Gasteiger charge is -2.11. The van der Waals surface area contributed by atoms with Gasteiger partial charge in [0, 0.05) is 16.1 Å². The molecule has 0 unspecified atom stereocenters. The highest BCUT2D eigenvalue weighted by Crippen LogP contribution is 2.34. The lowest BCUT2D eigenvalue weighted by molar-refractivity contribution is 0.102. The largest absolute Gasteiger partial charge is 0.495 e. The number of ether oxygens (including phenoxy) is 1. The summed E-state index contributed by atoms with van der Waals surface area (Å²) < 4.78 is 6.72.